The van der Waals surface area contributed by atoms with Crippen LogP contribution in [0.15, 0.2) is 28.7 Å². The lowest BCUT2D eigenvalue weighted by molar-refractivity contribution is -0.0175. The summed E-state index contributed by atoms with van der Waals surface area (Å²) >= 11 is 1.78. The van der Waals surface area contributed by atoms with Gasteiger partial charge in [-0.1, -0.05) is 24.3 Å². The smallest absolute Gasteiger partial charge is 0.246 e. The van der Waals surface area contributed by atoms with Gasteiger partial charge >= 0.3 is 0 Å². The number of fused-ring (bicyclic) bond motifs is 1. The summed E-state index contributed by atoms with van der Waals surface area (Å²) in [6.07, 6.45) is 1.71. The van der Waals surface area contributed by atoms with Crippen LogP contribution in [0.25, 0.3) is 0 Å². The molecule has 0 saturated carbocycles. The number of aromatic nitrogens is 2. The van der Waals surface area contributed by atoms with E-state index in [9.17, 15) is 8.42 Å². The summed E-state index contributed by atoms with van der Waals surface area (Å²) in [5.41, 5.74) is 2.51. The number of aryl methyl sites for hydroxylation is 1. The molecule has 1 fully saturated rings. The topological polar surface area (TPSA) is 85.5 Å². The highest BCUT2D eigenvalue weighted by Crippen LogP contribution is 2.41. The van der Waals surface area contributed by atoms with Crippen molar-refractivity contribution in [1.29, 1.82) is 0 Å². The normalized spacial score (nSPS) is 24.8. The van der Waals surface area contributed by atoms with E-state index >= 15 is 0 Å². The van der Waals surface area contributed by atoms with E-state index in [2.05, 4.69) is 22.3 Å². The van der Waals surface area contributed by atoms with Crippen LogP contribution < -0.4 is 0 Å². The van der Waals surface area contributed by atoms with Crippen LogP contribution in [0, 0.1) is 0 Å². The molecule has 4 rings (SSSR count). The van der Waals surface area contributed by atoms with Gasteiger partial charge in [-0.15, -0.1) is 22.0 Å². The predicted octanol–water partition coefficient (Wildman–Crippen LogP) is 1.78. The third kappa shape index (κ3) is 3.46. The number of rotatable bonds is 3. The molecule has 2 atom stereocenters. The van der Waals surface area contributed by atoms with E-state index in [1.54, 1.807) is 11.8 Å². The van der Waals surface area contributed by atoms with Crippen molar-refractivity contribution in [2.45, 2.75) is 17.8 Å². The molecule has 134 valence electrons. The lowest BCUT2D eigenvalue weighted by atomic mass is 10.0. The van der Waals surface area contributed by atoms with Crippen molar-refractivity contribution in [2.24, 2.45) is 0 Å². The maximum Gasteiger partial charge on any atom is 0.246 e. The van der Waals surface area contributed by atoms with Crippen molar-refractivity contribution in [2.75, 3.05) is 31.7 Å². The fraction of sp³-hybridized carbons (Fsp3) is 0.500. The Bertz CT molecular complexity index is 868. The second-order valence-electron chi connectivity index (χ2n) is 6.16. The van der Waals surface area contributed by atoms with Gasteiger partial charge in [-0.05, 0) is 23.3 Å². The zero-order valence-corrected chi connectivity index (χ0v) is 15.4. The van der Waals surface area contributed by atoms with Gasteiger partial charge in [-0.25, -0.2) is 8.42 Å². The molecule has 0 N–H and O–H groups in total. The number of hydrogen-bond acceptors (Lipinski definition) is 7. The van der Waals surface area contributed by atoms with Crippen LogP contribution in [0.4, 0.5) is 0 Å². The van der Waals surface area contributed by atoms with Gasteiger partial charge in [-0.2, -0.15) is 4.31 Å². The molecule has 2 unspecified atom stereocenters. The molecule has 1 aromatic carbocycles. The van der Waals surface area contributed by atoms with Gasteiger partial charge < -0.3 is 9.15 Å². The van der Waals surface area contributed by atoms with Gasteiger partial charge in [0.15, 0.2) is 0 Å². The van der Waals surface area contributed by atoms with Gasteiger partial charge in [-0.3, -0.25) is 0 Å². The monoisotopic (exact) mass is 381 g/mol. The molecule has 1 aromatic heterocycles. The lowest BCUT2D eigenvalue weighted by Gasteiger charge is -2.29. The zero-order valence-electron chi connectivity index (χ0n) is 13.8. The number of sulfonamides is 1. The standard InChI is InChI=1S/C16H19N3O4S2/c1-25(20,21)19-7-8-22-13(10-19)15-17-18-16(23-15)14-12-5-3-2-4-11(12)6-9-24-14/h2-5,13-14H,6-10H2,1H3. The third-order valence-corrected chi connectivity index (χ3v) is 6.95. The van der Waals surface area contributed by atoms with E-state index in [1.165, 1.54) is 21.7 Å². The number of thioether (sulfide) groups is 1. The number of hydrogen-bond donors (Lipinski definition) is 0. The van der Waals surface area contributed by atoms with Crippen LogP contribution in [0.1, 0.15) is 34.3 Å². The largest absolute Gasteiger partial charge is 0.421 e. The number of morpholine rings is 1. The van der Waals surface area contributed by atoms with Crippen molar-refractivity contribution in [3.8, 4) is 0 Å². The minimum Gasteiger partial charge on any atom is -0.421 e. The first-order valence-electron chi connectivity index (χ1n) is 8.12. The van der Waals surface area contributed by atoms with E-state index in [0.717, 1.165) is 12.2 Å². The fourth-order valence-electron chi connectivity index (χ4n) is 3.16. The van der Waals surface area contributed by atoms with Gasteiger partial charge in [0, 0.05) is 13.1 Å². The Morgan fingerprint density at radius 1 is 1.24 bits per heavy atom. The Labute approximate surface area is 150 Å². The first kappa shape index (κ1) is 17.0. The fourth-order valence-corrected chi connectivity index (χ4v) is 5.19. The van der Waals surface area contributed by atoms with Crippen LogP contribution >= 0.6 is 11.8 Å². The van der Waals surface area contributed by atoms with Crippen molar-refractivity contribution < 1.29 is 17.6 Å². The highest BCUT2D eigenvalue weighted by Gasteiger charge is 2.33. The molecule has 0 bridgehead atoms. The molecule has 7 nitrogen and oxygen atoms in total. The van der Waals surface area contributed by atoms with Crippen LogP contribution in [-0.2, 0) is 21.2 Å². The summed E-state index contributed by atoms with van der Waals surface area (Å²) in [6, 6.07) is 8.29. The average Bonchev–Trinajstić information content (AvgIpc) is 3.10. The molecule has 9 heteroatoms. The summed E-state index contributed by atoms with van der Waals surface area (Å²) in [5.74, 6) is 1.89. The number of ether oxygens (including phenoxy) is 1. The number of benzene rings is 1. The summed E-state index contributed by atoms with van der Waals surface area (Å²) in [7, 11) is -3.26. The highest BCUT2D eigenvalue weighted by atomic mass is 32.2. The minimum atomic E-state index is -3.26. The maximum atomic E-state index is 11.8. The van der Waals surface area contributed by atoms with Crippen molar-refractivity contribution in [3.05, 3.63) is 47.2 Å². The van der Waals surface area contributed by atoms with Gasteiger partial charge in [0.05, 0.1) is 12.9 Å². The molecule has 3 heterocycles. The Kier molecular flexibility index (Phi) is 4.57. The highest BCUT2D eigenvalue weighted by molar-refractivity contribution is 7.99. The van der Waals surface area contributed by atoms with E-state index < -0.39 is 16.1 Å². The third-order valence-electron chi connectivity index (χ3n) is 4.45. The second kappa shape index (κ2) is 6.71. The molecule has 2 aromatic rings. The first-order valence-corrected chi connectivity index (χ1v) is 11.0. The van der Waals surface area contributed by atoms with E-state index in [-0.39, 0.29) is 11.8 Å². The van der Waals surface area contributed by atoms with Crippen molar-refractivity contribution >= 4 is 21.8 Å². The summed E-state index contributed by atoms with van der Waals surface area (Å²) in [5, 5.41) is 8.36. The Hall–Kier alpha value is -1.42. The summed E-state index contributed by atoms with van der Waals surface area (Å²) in [4.78, 5) is 0. The van der Waals surface area contributed by atoms with Gasteiger partial charge in [0.1, 0.15) is 11.4 Å². The molecule has 0 amide bonds. The maximum absolute atomic E-state index is 11.8. The second-order valence-corrected chi connectivity index (χ2v) is 9.35. The number of nitrogens with zero attached hydrogens (tertiary/aromatic N) is 3. The lowest BCUT2D eigenvalue weighted by Crippen LogP contribution is -2.41. The molecule has 0 radical (unpaired) electrons. The summed E-state index contributed by atoms with van der Waals surface area (Å²) < 4.78 is 36.4. The first-order chi connectivity index (χ1) is 12.0. The summed E-state index contributed by atoms with van der Waals surface area (Å²) in [6.45, 7) is 0.869. The minimum absolute atomic E-state index is 0.0146. The van der Waals surface area contributed by atoms with Gasteiger partial charge in [0.25, 0.3) is 0 Å². The van der Waals surface area contributed by atoms with Crippen LogP contribution in [0.3, 0.4) is 0 Å². The van der Waals surface area contributed by atoms with Crippen LogP contribution in [-0.4, -0.2) is 54.6 Å². The molecule has 0 spiro atoms. The molecule has 1 saturated heterocycles. The Morgan fingerprint density at radius 3 is 2.88 bits per heavy atom. The predicted molar refractivity (Wildman–Crippen MR) is 93.9 cm³/mol. The average molecular weight is 381 g/mol. The molecular weight excluding hydrogens is 362 g/mol. The molecule has 2 aliphatic heterocycles. The molecule has 0 aliphatic carbocycles. The Balaban J connectivity index is 1.57. The molecule has 25 heavy (non-hydrogen) atoms. The van der Waals surface area contributed by atoms with E-state index in [4.69, 9.17) is 9.15 Å². The van der Waals surface area contributed by atoms with Crippen LogP contribution in [0.2, 0.25) is 0 Å². The van der Waals surface area contributed by atoms with Crippen molar-refractivity contribution in [3.63, 3.8) is 0 Å². The molecular formula is C16H19N3O4S2. The SMILES string of the molecule is CS(=O)(=O)N1CCOC(c2nnc(C3SCCc4ccccc43)o2)C1. The zero-order chi connectivity index (χ0) is 17.4. The van der Waals surface area contributed by atoms with E-state index in [0.29, 0.717) is 24.9 Å². The quantitative estimate of drug-likeness (QED) is 0.801. The van der Waals surface area contributed by atoms with Crippen molar-refractivity contribution in [1.82, 2.24) is 14.5 Å². The van der Waals surface area contributed by atoms with Crippen LogP contribution in [0.5, 0.6) is 0 Å². The molecule has 2 aliphatic rings. The van der Waals surface area contributed by atoms with Gasteiger partial charge in [0.2, 0.25) is 21.8 Å². The van der Waals surface area contributed by atoms with E-state index in [1.807, 2.05) is 12.1 Å². The Morgan fingerprint density at radius 2 is 2.04 bits per heavy atom.